The lowest BCUT2D eigenvalue weighted by molar-refractivity contribution is -0.116. The third kappa shape index (κ3) is 4.32. The Morgan fingerprint density at radius 3 is 2.26 bits per heavy atom. The summed E-state index contributed by atoms with van der Waals surface area (Å²) in [5, 5.41) is 6.01. The van der Waals surface area contributed by atoms with Crippen molar-refractivity contribution in [3.63, 3.8) is 0 Å². The fourth-order valence-corrected chi connectivity index (χ4v) is 2.24. The van der Waals surface area contributed by atoms with E-state index in [2.05, 4.69) is 16.7 Å². The lowest BCUT2D eigenvalue weighted by Crippen LogP contribution is -2.32. The van der Waals surface area contributed by atoms with E-state index in [0.29, 0.717) is 11.3 Å². The van der Waals surface area contributed by atoms with Crippen LogP contribution >= 0.6 is 0 Å². The molecule has 0 bridgehead atoms. The summed E-state index contributed by atoms with van der Waals surface area (Å²) < 4.78 is 0. The largest absolute Gasteiger partial charge is 0.374 e. The molecule has 2 rings (SSSR count). The lowest BCUT2D eigenvalue weighted by Gasteiger charge is -2.17. The van der Waals surface area contributed by atoms with Crippen LogP contribution in [0.1, 0.15) is 28.4 Å². The van der Waals surface area contributed by atoms with E-state index in [9.17, 15) is 9.59 Å². The maximum atomic E-state index is 12.2. The van der Waals surface area contributed by atoms with Crippen molar-refractivity contribution in [2.24, 2.45) is 5.73 Å². The van der Waals surface area contributed by atoms with Gasteiger partial charge in [-0.25, -0.2) is 0 Å². The average molecular weight is 311 g/mol. The summed E-state index contributed by atoms with van der Waals surface area (Å²) in [5.41, 5.74) is 9.42. The Balaban J connectivity index is 2.00. The van der Waals surface area contributed by atoms with Crippen molar-refractivity contribution >= 4 is 23.2 Å². The normalized spacial score (nSPS) is 11.6. The first-order chi connectivity index (χ1) is 10.9. The Bertz CT molecular complexity index is 724. The van der Waals surface area contributed by atoms with Gasteiger partial charge in [0.2, 0.25) is 11.8 Å². The third-order valence-corrected chi connectivity index (χ3v) is 3.58. The molecule has 0 radical (unpaired) electrons. The third-order valence-electron chi connectivity index (χ3n) is 3.58. The fourth-order valence-electron chi connectivity index (χ4n) is 2.24. The van der Waals surface area contributed by atoms with Gasteiger partial charge in [-0.05, 0) is 56.7 Å². The number of anilines is 2. The van der Waals surface area contributed by atoms with Gasteiger partial charge >= 0.3 is 0 Å². The quantitative estimate of drug-likeness (QED) is 0.794. The molecule has 0 aromatic heterocycles. The van der Waals surface area contributed by atoms with E-state index in [1.54, 1.807) is 31.2 Å². The molecule has 2 amide bonds. The van der Waals surface area contributed by atoms with Crippen LogP contribution in [0.2, 0.25) is 0 Å². The molecule has 5 heteroatoms. The molecule has 0 fully saturated rings. The summed E-state index contributed by atoms with van der Waals surface area (Å²) >= 11 is 0. The van der Waals surface area contributed by atoms with Crippen molar-refractivity contribution in [2.75, 3.05) is 10.6 Å². The summed E-state index contributed by atoms with van der Waals surface area (Å²) in [6.45, 7) is 5.83. The summed E-state index contributed by atoms with van der Waals surface area (Å²) in [7, 11) is 0. The molecule has 0 aliphatic carbocycles. The highest BCUT2D eigenvalue weighted by atomic mass is 16.2. The van der Waals surface area contributed by atoms with E-state index in [-0.39, 0.29) is 5.91 Å². The second kappa shape index (κ2) is 6.96. The lowest BCUT2D eigenvalue weighted by atomic mass is 10.1. The molecule has 2 aromatic carbocycles. The van der Waals surface area contributed by atoms with Crippen LogP contribution in [0.15, 0.2) is 42.5 Å². The number of amides is 2. The standard InChI is InChI=1S/C18H21N3O2/c1-11-4-9-16(12(2)10-11)20-13(3)18(23)21-15-7-5-14(6-8-15)17(19)22/h4-10,13,20H,1-3H3,(H2,19,22)(H,21,23)/t13-/m1/s1. The number of hydrogen-bond acceptors (Lipinski definition) is 3. The predicted molar refractivity (Wildman–Crippen MR) is 92.6 cm³/mol. The van der Waals surface area contributed by atoms with Crippen LogP contribution in [0.4, 0.5) is 11.4 Å². The smallest absolute Gasteiger partial charge is 0.248 e. The zero-order valence-electron chi connectivity index (χ0n) is 13.5. The van der Waals surface area contributed by atoms with Crippen molar-refractivity contribution in [2.45, 2.75) is 26.8 Å². The molecular formula is C18H21N3O2. The van der Waals surface area contributed by atoms with Crippen molar-refractivity contribution in [1.29, 1.82) is 0 Å². The molecule has 0 heterocycles. The van der Waals surface area contributed by atoms with Gasteiger partial charge in [0.05, 0.1) is 0 Å². The molecule has 120 valence electrons. The minimum atomic E-state index is -0.493. The molecule has 0 saturated heterocycles. The summed E-state index contributed by atoms with van der Waals surface area (Å²) in [4.78, 5) is 23.3. The molecule has 2 aromatic rings. The second-order valence-electron chi connectivity index (χ2n) is 5.62. The molecule has 0 aliphatic rings. The summed E-state index contributed by atoms with van der Waals surface area (Å²) in [6, 6.07) is 12.1. The van der Waals surface area contributed by atoms with Gasteiger partial charge in [0.25, 0.3) is 0 Å². The van der Waals surface area contributed by atoms with Crippen LogP contribution < -0.4 is 16.4 Å². The molecule has 4 N–H and O–H groups in total. The van der Waals surface area contributed by atoms with Crippen molar-refractivity contribution in [3.8, 4) is 0 Å². The number of hydrogen-bond donors (Lipinski definition) is 3. The minimum Gasteiger partial charge on any atom is -0.374 e. The molecule has 0 spiro atoms. The average Bonchev–Trinajstić information content (AvgIpc) is 2.50. The molecule has 5 nitrogen and oxygen atoms in total. The Morgan fingerprint density at radius 2 is 1.70 bits per heavy atom. The van der Waals surface area contributed by atoms with Gasteiger partial charge in [-0.15, -0.1) is 0 Å². The monoisotopic (exact) mass is 311 g/mol. The predicted octanol–water partition coefficient (Wildman–Crippen LogP) is 2.84. The van der Waals surface area contributed by atoms with E-state index < -0.39 is 11.9 Å². The number of carbonyl (C=O) groups excluding carboxylic acids is 2. The highest BCUT2D eigenvalue weighted by Crippen LogP contribution is 2.17. The Hall–Kier alpha value is -2.82. The van der Waals surface area contributed by atoms with E-state index in [4.69, 9.17) is 5.73 Å². The maximum Gasteiger partial charge on any atom is 0.248 e. The second-order valence-corrected chi connectivity index (χ2v) is 5.62. The number of nitrogens with two attached hydrogens (primary N) is 1. The molecular weight excluding hydrogens is 290 g/mol. The van der Waals surface area contributed by atoms with Gasteiger partial charge in [-0.2, -0.15) is 0 Å². The van der Waals surface area contributed by atoms with Crippen LogP contribution in [0.3, 0.4) is 0 Å². The zero-order valence-corrected chi connectivity index (χ0v) is 13.5. The molecule has 23 heavy (non-hydrogen) atoms. The van der Waals surface area contributed by atoms with Crippen molar-refractivity contribution in [1.82, 2.24) is 0 Å². The van der Waals surface area contributed by atoms with Gasteiger partial charge in [0.1, 0.15) is 6.04 Å². The van der Waals surface area contributed by atoms with E-state index >= 15 is 0 Å². The first kappa shape index (κ1) is 16.5. The Kier molecular flexibility index (Phi) is 5.01. The first-order valence-corrected chi connectivity index (χ1v) is 7.41. The van der Waals surface area contributed by atoms with Crippen molar-refractivity contribution < 1.29 is 9.59 Å². The molecule has 1 atom stereocenters. The van der Waals surface area contributed by atoms with Crippen LogP contribution in [0.5, 0.6) is 0 Å². The van der Waals surface area contributed by atoms with Crippen LogP contribution in [0, 0.1) is 13.8 Å². The fraction of sp³-hybridized carbons (Fsp3) is 0.222. The number of rotatable bonds is 5. The van der Waals surface area contributed by atoms with E-state index in [1.807, 2.05) is 26.0 Å². The van der Waals surface area contributed by atoms with E-state index in [1.165, 1.54) is 5.56 Å². The number of nitrogens with one attached hydrogen (secondary N) is 2. The van der Waals surface area contributed by atoms with Gasteiger partial charge in [0.15, 0.2) is 0 Å². The Morgan fingerprint density at radius 1 is 1.04 bits per heavy atom. The van der Waals surface area contributed by atoms with E-state index in [0.717, 1.165) is 11.3 Å². The molecule has 0 saturated carbocycles. The van der Waals surface area contributed by atoms with Crippen LogP contribution in [-0.4, -0.2) is 17.9 Å². The zero-order chi connectivity index (χ0) is 17.0. The molecule has 0 aliphatic heterocycles. The highest BCUT2D eigenvalue weighted by Gasteiger charge is 2.14. The van der Waals surface area contributed by atoms with Gasteiger partial charge < -0.3 is 16.4 Å². The number of primary amides is 1. The minimum absolute atomic E-state index is 0.156. The van der Waals surface area contributed by atoms with Crippen molar-refractivity contribution in [3.05, 3.63) is 59.2 Å². The SMILES string of the molecule is Cc1ccc(N[C@H](C)C(=O)Nc2ccc(C(N)=O)cc2)c(C)c1. The number of aryl methyl sites for hydroxylation is 2. The van der Waals surface area contributed by atoms with Crippen LogP contribution in [0.25, 0.3) is 0 Å². The number of benzene rings is 2. The summed E-state index contributed by atoms with van der Waals surface area (Å²) in [6.07, 6.45) is 0. The maximum absolute atomic E-state index is 12.2. The van der Waals surface area contributed by atoms with Crippen LogP contribution in [-0.2, 0) is 4.79 Å². The Labute approximate surface area is 135 Å². The number of carbonyl (C=O) groups is 2. The summed E-state index contributed by atoms with van der Waals surface area (Å²) in [5.74, 6) is -0.649. The first-order valence-electron chi connectivity index (χ1n) is 7.41. The molecule has 0 unspecified atom stereocenters. The van der Waals surface area contributed by atoms with Gasteiger partial charge in [0, 0.05) is 16.9 Å². The highest BCUT2D eigenvalue weighted by molar-refractivity contribution is 5.97. The van der Waals surface area contributed by atoms with Gasteiger partial charge in [-0.3, -0.25) is 9.59 Å². The van der Waals surface area contributed by atoms with Gasteiger partial charge in [-0.1, -0.05) is 17.7 Å². The topological polar surface area (TPSA) is 84.2 Å².